The third kappa shape index (κ3) is 3.02. The molecule has 74 valence electrons. The number of carboxylic acids is 1. The number of nitrogens with one attached hydrogen (secondary N) is 2. The monoisotopic (exact) mass is 259 g/mol. The van der Waals surface area contributed by atoms with Crippen LogP contribution in [0.25, 0.3) is 0 Å². The van der Waals surface area contributed by atoms with Gasteiger partial charge in [0.15, 0.2) is 0 Å². The minimum absolute atomic E-state index is 0.380. The number of rotatable bonds is 3. The quantitative estimate of drug-likeness (QED) is 0.699. The molecule has 0 aliphatic heterocycles. The maximum Gasteiger partial charge on any atom is 0.328 e. The number of carbonyl (C=O) groups excluding carboxylic acids is 1. The number of hydrogen-bond acceptors (Lipinski definition) is 3. The van der Waals surface area contributed by atoms with E-state index >= 15 is 0 Å². The van der Waals surface area contributed by atoms with Crippen LogP contribution >= 0.6 is 15.9 Å². The van der Waals surface area contributed by atoms with Gasteiger partial charge in [-0.25, -0.2) is 4.79 Å². The topological polar surface area (TPSA) is 95.1 Å². The van der Waals surface area contributed by atoms with Gasteiger partial charge in [0.1, 0.15) is 5.82 Å². The molecule has 1 amide bonds. The molecule has 1 heterocycles. The van der Waals surface area contributed by atoms with Crippen molar-refractivity contribution in [3.8, 4) is 0 Å². The third-order valence-electron chi connectivity index (χ3n) is 1.22. The first kappa shape index (κ1) is 10.5. The van der Waals surface area contributed by atoms with Gasteiger partial charge < -0.3 is 10.4 Å². The predicted molar refractivity (Wildman–Crippen MR) is 51.7 cm³/mol. The van der Waals surface area contributed by atoms with Crippen LogP contribution in [0, 0.1) is 0 Å². The maximum atomic E-state index is 11.0. The zero-order valence-corrected chi connectivity index (χ0v) is 8.41. The second-order valence-corrected chi connectivity index (χ2v) is 3.11. The molecule has 0 saturated heterocycles. The molecule has 1 rings (SSSR count). The SMILES string of the molecule is O=C(O)/C=C/C(=O)Nc1[nH]ncc1Br. The summed E-state index contributed by atoms with van der Waals surface area (Å²) in [5, 5.41) is 16.8. The number of anilines is 1. The van der Waals surface area contributed by atoms with Gasteiger partial charge in [0.05, 0.1) is 10.7 Å². The fourth-order valence-corrected chi connectivity index (χ4v) is 0.961. The molecule has 0 radical (unpaired) electrons. The van der Waals surface area contributed by atoms with Gasteiger partial charge in [0.25, 0.3) is 0 Å². The lowest BCUT2D eigenvalue weighted by molar-refractivity contribution is -0.131. The van der Waals surface area contributed by atoms with E-state index in [1.54, 1.807) is 0 Å². The summed E-state index contributed by atoms with van der Waals surface area (Å²) in [6.45, 7) is 0. The van der Waals surface area contributed by atoms with Crippen LogP contribution in [0.1, 0.15) is 0 Å². The lowest BCUT2D eigenvalue weighted by atomic mass is 10.4. The van der Waals surface area contributed by atoms with Crippen molar-refractivity contribution in [1.82, 2.24) is 10.2 Å². The standard InChI is InChI=1S/C7H6BrN3O3/c8-4-3-9-11-7(4)10-5(12)1-2-6(13)14/h1-3H,(H,13,14)(H2,9,10,11,12)/b2-1+. The molecule has 0 atom stereocenters. The van der Waals surface area contributed by atoms with Crippen molar-refractivity contribution < 1.29 is 14.7 Å². The Morgan fingerprint density at radius 3 is 2.79 bits per heavy atom. The highest BCUT2D eigenvalue weighted by Crippen LogP contribution is 2.17. The Hall–Kier alpha value is -1.63. The number of aromatic nitrogens is 2. The van der Waals surface area contributed by atoms with E-state index in [1.165, 1.54) is 6.20 Å². The molecule has 0 unspecified atom stereocenters. The van der Waals surface area contributed by atoms with Crippen LogP contribution in [0.15, 0.2) is 22.8 Å². The Balaban J connectivity index is 2.58. The van der Waals surface area contributed by atoms with Crippen LogP contribution < -0.4 is 5.32 Å². The summed E-state index contributed by atoms with van der Waals surface area (Å²) in [5.41, 5.74) is 0. The fraction of sp³-hybridized carbons (Fsp3) is 0. The molecule has 7 heteroatoms. The Morgan fingerprint density at radius 1 is 1.57 bits per heavy atom. The zero-order valence-electron chi connectivity index (χ0n) is 6.82. The van der Waals surface area contributed by atoms with Crippen LogP contribution in [0.2, 0.25) is 0 Å². The van der Waals surface area contributed by atoms with Gasteiger partial charge >= 0.3 is 5.97 Å². The van der Waals surface area contributed by atoms with Crippen molar-refractivity contribution >= 4 is 33.6 Å². The molecule has 0 aliphatic carbocycles. The first-order valence-corrected chi connectivity index (χ1v) is 4.30. The van der Waals surface area contributed by atoms with E-state index in [0.29, 0.717) is 10.3 Å². The van der Waals surface area contributed by atoms with E-state index in [4.69, 9.17) is 5.11 Å². The highest BCUT2D eigenvalue weighted by atomic mass is 79.9. The number of aromatic amines is 1. The Labute approximate surface area is 87.1 Å². The average molecular weight is 260 g/mol. The molecule has 0 bridgehead atoms. The maximum absolute atomic E-state index is 11.0. The Morgan fingerprint density at radius 2 is 2.29 bits per heavy atom. The van der Waals surface area contributed by atoms with E-state index in [0.717, 1.165) is 12.2 Å². The van der Waals surface area contributed by atoms with Crippen LogP contribution in [-0.4, -0.2) is 27.2 Å². The number of carboxylic acid groups (broad SMARTS) is 1. The van der Waals surface area contributed by atoms with Gasteiger partial charge in [0, 0.05) is 12.2 Å². The second kappa shape index (κ2) is 4.56. The molecule has 6 nitrogen and oxygen atoms in total. The van der Waals surface area contributed by atoms with Crippen molar-refractivity contribution in [2.24, 2.45) is 0 Å². The summed E-state index contributed by atoms with van der Waals surface area (Å²) in [7, 11) is 0. The molecular formula is C7H6BrN3O3. The first-order chi connectivity index (χ1) is 6.59. The summed E-state index contributed by atoms with van der Waals surface area (Å²) in [4.78, 5) is 21.1. The summed E-state index contributed by atoms with van der Waals surface area (Å²) in [6, 6.07) is 0. The van der Waals surface area contributed by atoms with Crippen LogP contribution in [0.3, 0.4) is 0 Å². The molecule has 1 aromatic rings. The average Bonchev–Trinajstić information content (AvgIpc) is 2.49. The van der Waals surface area contributed by atoms with E-state index in [-0.39, 0.29) is 0 Å². The lowest BCUT2D eigenvalue weighted by Crippen LogP contribution is -2.09. The summed E-state index contributed by atoms with van der Waals surface area (Å²) in [5.74, 6) is -1.34. The lowest BCUT2D eigenvalue weighted by Gasteiger charge is -1.97. The Kier molecular flexibility index (Phi) is 3.41. The molecule has 0 spiro atoms. The van der Waals surface area contributed by atoms with Gasteiger partial charge in [-0.1, -0.05) is 0 Å². The minimum Gasteiger partial charge on any atom is -0.478 e. The molecular weight excluding hydrogens is 254 g/mol. The molecule has 0 fully saturated rings. The fourth-order valence-electron chi connectivity index (χ4n) is 0.671. The van der Waals surface area contributed by atoms with Gasteiger partial charge in [-0.3, -0.25) is 9.89 Å². The molecule has 0 aromatic carbocycles. The van der Waals surface area contributed by atoms with Crippen molar-refractivity contribution in [3.63, 3.8) is 0 Å². The molecule has 0 saturated carbocycles. The number of amides is 1. The number of nitrogens with zero attached hydrogens (tertiary/aromatic N) is 1. The molecule has 3 N–H and O–H groups in total. The van der Waals surface area contributed by atoms with Crippen molar-refractivity contribution in [1.29, 1.82) is 0 Å². The van der Waals surface area contributed by atoms with Gasteiger partial charge in [-0.05, 0) is 15.9 Å². The summed E-state index contributed by atoms with van der Waals surface area (Å²) >= 11 is 3.13. The van der Waals surface area contributed by atoms with E-state index < -0.39 is 11.9 Å². The molecule has 1 aromatic heterocycles. The first-order valence-electron chi connectivity index (χ1n) is 3.50. The Bertz CT molecular complexity index is 385. The number of halogens is 1. The minimum atomic E-state index is -1.18. The van der Waals surface area contributed by atoms with Crippen molar-refractivity contribution in [3.05, 3.63) is 22.8 Å². The van der Waals surface area contributed by atoms with Crippen LogP contribution in [-0.2, 0) is 9.59 Å². The summed E-state index contributed by atoms with van der Waals surface area (Å²) < 4.78 is 0.592. The van der Waals surface area contributed by atoms with E-state index in [1.807, 2.05) is 0 Å². The van der Waals surface area contributed by atoms with Crippen LogP contribution in [0.5, 0.6) is 0 Å². The largest absolute Gasteiger partial charge is 0.478 e. The van der Waals surface area contributed by atoms with Gasteiger partial charge in [-0.2, -0.15) is 5.10 Å². The molecule has 0 aliphatic rings. The third-order valence-corrected chi connectivity index (χ3v) is 1.82. The van der Waals surface area contributed by atoms with E-state index in [2.05, 4.69) is 31.4 Å². The van der Waals surface area contributed by atoms with E-state index in [9.17, 15) is 9.59 Å². The van der Waals surface area contributed by atoms with Crippen LogP contribution in [0.4, 0.5) is 5.82 Å². The molecule has 14 heavy (non-hydrogen) atoms. The number of aliphatic carboxylic acids is 1. The highest BCUT2D eigenvalue weighted by molar-refractivity contribution is 9.10. The number of hydrogen-bond donors (Lipinski definition) is 3. The number of carbonyl (C=O) groups is 2. The smallest absolute Gasteiger partial charge is 0.328 e. The second-order valence-electron chi connectivity index (χ2n) is 2.25. The highest BCUT2D eigenvalue weighted by Gasteiger charge is 2.04. The van der Waals surface area contributed by atoms with Gasteiger partial charge in [0.2, 0.25) is 5.91 Å². The normalized spacial score (nSPS) is 10.4. The zero-order chi connectivity index (χ0) is 10.6. The van der Waals surface area contributed by atoms with Gasteiger partial charge in [-0.15, -0.1) is 0 Å². The van der Waals surface area contributed by atoms with Crippen molar-refractivity contribution in [2.75, 3.05) is 5.32 Å². The predicted octanol–water partition coefficient (Wildman–Crippen LogP) is 0.751. The summed E-state index contributed by atoms with van der Waals surface area (Å²) in [6.07, 6.45) is 3.13. The van der Waals surface area contributed by atoms with Crippen molar-refractivity contribution in [2.45, 2.75) is 0 Å². The number of H-pyrrole nitrogens is 1.